The Morgan fingerprint density at radius 2 is 1.57 bits per heavy atom. The Kier molecular flexibility index (Phi) is 19.1. The number of Topliss-reactive ketones (excluding diaryl/α,β-unsaturated/α-hetero) is 1. The summed E-state index contributed by atoms with van der Waals surface area (Å²) in [4.78, 5) is 75.9. The number of carbonyl (C=O) groups excluding carboxylic acids is 5. The lowest BCUT2D eigenvalue weighted by Gasteiger charge is -2.27. The van der Waals surface area contributed by atoms with Gasteiger partial charge in [0, 0.05) is 24.5 Å². The third-order valence-corrected chi connectivity index (χ3v) is 12.1. The van der Waals surface area contributed by atoms with Crippen LogP contribution in [0.3, 0.4) is 0 Å². The van der Waals surface area contributed by atoms with Gasteiger partial charge in [-0.15, -0.1) is 11.3 Å². The fraction of sp³-hybridized carbons (Fsp3) is 0.500. The number of thiazole rings is 1. The smallest absolute Gasteiger partial charge is 0.328 e. The van der Waals surface area contributed by atoms with Crippen molar-refractivity contribution in [2.45, 2.75) is 110 Å². The number of hydrogen-bond acceptors (Lipinski definition) is 12. The Morgan fingerprint density at radius 3 is 2.16 bits per heavy atom. The normalized spacial score (nSPS) is 13.7. The number of hydrogen-bond donors (Lipinski definition) is 6. The van der Waals surface area contributed by atoms with E-state index in [2.05, 4.69) is 36.0 Å². The zero-order chi connectivity index (χ0) is 45.4. The first kappa shape index (κ1) is 49.8. The first-order valence-electron chi connectivity index (χ1n) is 20.1. The van der Waals surface area contributed by atoms with Gasteiger partial charge < -0.3 is 36.5 Å². The van der Waals surface area contributed by atoms with E-state index >= 15 is 0 Å². The fourth-order valence-electron chi connectivity index (χ4n) is 6.52. The molecule has 0 aliphatic rings. The Bertz CT molecular complexity index is 2110. The van der Waals surface area contributed by atoms with Gasteiger partial charge in [0.1, 0.15) is 23.9 Å². The van der Waals surface area contributed by atoms with Crippen LogP contribution in [0.1, 0.15) is 85.9 Å². The summed E-state index contributed by atoms with van der Waals surface area (Å²) < 4.78 is 39.5. The molecule has 0 radical (unpaired) electrons. The van der Waals surface area contributed by atoms with Crippen LogP contribution in [0.4, 0.5) is 4.79 Å². The van der Waals surface area contributed by atoms with Crippen molar-refractivity contribution < 1.29 is 41.9 Å². The summed E-state index contributed by atoms with van der Waals surface area (Å²) in [6, 6.07) is 5.46. The molecule has 0 aliphatic heterocycles. The molecule has 4 amide bonds. The number of ketones is 1. The van der Waals surface area contributed by atoms with Crippen LogP contribution in [0.25, 0.3) is 0 Å². The number of aliphatic imine (C=N–C) groups is 1. The van der Waals surface area contributed by atoms with Crippen LogP contribution in [0.15, 0.2) is 57.9 Å². The number of amides is 4. The largest absolute Gasteiger partial charge is 0.496 e. The number of guanidine groups is 1. The van der Waals surface area contributed by atoms with E-state index in [1.807, 2.05) is 19.9 Å². The van der Waals surface area contributed by atoms with Crippen LogP contribution in [0.2, 0.25) is 0 Å². The molecular formula is C42H60N8O9S2. The summed E-state index contributed by atoms with van der Waals surface area (Å²) in [5.41, 5.74) is 8.37. The number of carbonyl (C=O) groups is 5. The first-order chi connectivity index (χ1) is 28.8. The molecule has 3 aromatic rings. The molecule has 1 unspecified atom stereocenters. The van der Waals surface area contributed by atoms with E-state index in [0.29, 0.717) is 28.9 Å². The maximum Gasteiger partial charge on any atom is 0.328 e. The van der Waals surface area contributed by atoms with Crippen molar-refractivity contribution in [2.75, 3.05) is 20.3 Å². The third-order valence-electron chi connectivity index (χ3n) is 9.65. The molecule has 0 saturated carbocycles. The van der Waals surface area contributed by atoms with Crippen LogP contribution < -0.4 is 36.5 Å². The molecule has 0 saturated heterocycles. The van der Waals surface area contributed by atoms with E-state index in [-0.39, 0.29) is 54.2 Å². The minimum atomic E-state index is -4.11. The lowest BCUT2D eigenvalue weighted by molar-refractivity contribution is -0.145. The van der Waals surface area contributed by atoms with Crippen LogP contribution >= 0.6 is 11.3 Å². The minimum Gasteiger partial charge on any atom is -0.496 e. The molecule has 7 N–H and O–H groups in total. The molecule has 17 nitrogen and oxygen atoms in total. The minimum absolute atomic E-state index is 0.00108. The van der Waals surface area contributed by atoms with E-state index < -0.39 is 69.7 Å². The van der Waals surface area contributed by atoms with Gasteiger partial charge in [0.2, 0.25) is 23.6 Å². The number of sulfonamides is 1. The zero-order valence-electron chi connectivity index (χ0n) is 36.3. The van der Waals surface area contributed by atoms with Gasteiger partial charge in [-0.1, -0.05) is 58.0 Å². The van der Waals surface area contributed by atoms with Crippen molar-refractivity contribution in [3.8, 4) is 5.75 Å². The third kappa shape index (κ3) is 14.8. The van der Waals surface area contributed by atoms with Gasteiger partial charge in [0.25, 0.3) is 10.0 Å². The van der Waals surface area contributed by atoms with Crippen molar-refractivity contribution in [1.82, 2.24) is 31.0 Å². The average molecular weight is 885 g/mol. The Hall–Kier alpha value is -5.56. The van der Waals surface area contributed by atoms with Gasteiger partial charge in [-0.05, 0) is 87.1 Å². The van der Waals surface area contributed by atoms with Crippen LogP contribution in [0.5, 0.6) is 5.75 Å². The Labute approximate surface area is 362 Å². The highest BCUT2D eigenvalue weighted by molar-refractivity contribution is 7.90. The number of nitrogens with two attached hydrogens (primary N) is 1. The van der Waals surface area contributed by atoms with Crippen molar-refractivity contribution in [3.05, 3.63) is 75.2 Å². The lowest BCUT2D eigenvalue weighted by atomic mass is 9.99. The maximum atomic E-state index is 14.0. The maximum absolute atomic E-state index is 14.0. The lowest BCUT2D eigenvalue weighted by Crippen LogP contribution is -2.59. The number of benzene rings is 2. The van der Waals surface area contributed by atoms with Gasteiger partial charge in [0.15, 0.2) is 5.01 Å². The highest BCUT2D eigenvalue weighted by Crippen LogP contribution is 2.30. The van der Waals surface area contributed by atoms with Gasteiger partial charge >= 0.3 is 12.0 Å². The topological polar surface area (TPSA) is 249 Å². The zero-order valence-corrected chi connectivity index (χ0v) is 37.9. The Morgan fingerprint density at radius 1 is 0.902 bits per heavy atom. The molecule has 0 aliphatic carbocycles. The van der Waals surface area contributed by atoms with E-state index in [4.69, 9.17) is 15.2 Å². The average Bonchev–Trinajstić information content (AvgIpc) is 3.74. The van der Waals surface area contributed by atoms with Crippen LogP contribution in [-0.2, 0) is 35.6 Å². The van der Waals surface area contributed by atoms with Gasteiger partial charge in [-0.3, -0.25) is 19.4 Å². The number of nitrogens with zero attached hydrogens (tertiary/aromatic N) is 2. The number of methoxy groups -OCH3 is 1. The Balaban J connectivity index is 1.78. The molecule has 0 spiro atoms. The molecule has 0 bridgehead atoms. The summed E-state index contributed by atoms with van der Waals surface area (Å²) in [5, 5.41) is 12.6. The SMILES string of the molecule is CCOC(=O)C(CC(C)C)NC(=O)N[C@@H](Cc1ccccc1)C(=O)N[C@H](C(=O)N[C@@H](CCCN=C(N)NS(=O)(=O)c1c(C)cc(OC)c(C)c1C)C(=O)c1nccs1)C(C)C. The number of nitrogens with one attached hydrogen (secondary N) is 5. The number of urea groups is 1. The summed E-state index contributed by atoms with van der Waals surface area (Å²) in [6.07, 6.45) is 2.10. The molecule has 4 atom stereocenters. The molecule has 1 heterocycles. The number of aryl methyl sites for hydroxylation is 1. The number of ether oxygens (including phenoxy) is 2. The molecule has 334 valence electrons. The predicted octanol–water partition coefficient (Wildman–Crippen LogP) is 3.85. The molecule has 3 rings (SSSR count). The van der Waals surface area contributed by atoms with Crippen LogP contribution in [-0.4, -0.2) is 93.4 Å². The molecular weight excluding hydrogens is 825 g/mol. The standard InChI is InChI=1S/C42H60N8O9S2/c1-10-59-40(54)32(21-24(2)3)48-42(55)47-31(23-29-15-12-11-13-16-29)37(52)49-34(25(4)5)38(53)46-30(35(51)39-44-19-20-60-39)17-14-18-45-41(43)50-61(56,57)36-26(6)22-33(58-9)27(7)28(36)8/h11-13,15-16,19-20,22,24-25,30-32,34H,10,14,17-18,21,23H2,1-9H3,(H,46,53)(H,49,52)(H3,43,45,50)(H2,47,48,55)/t30-,31-,32?,34-/m0/s1. The summed E-state index contributed by atoms with van der Waals surface area (Å²) in [6.45, 7) is 14.1. The predicted molar refractivity (Wildman–Crippen MR) is 234 cm³/mol. The van der Waals surface area contributed by atoms with Crippen molar-refractivity contribution in [1.29, 1.82) is 0 Å². The van der Waals surface area contributed by atoms with Crippen molar-refractivity contribution >= 4 is 56.9 Å². The molecule has 61 heavy (non-hydrogen) atoms. The summed E-state index contributed by atoms with van der Waals surface area (Å²) >= 11 is 1.10. The fourth-order valence-corrected chi connectivity index (χ4v) is 8.63. The van der Waals surface area contributed by atoms with E-state index in [0.717, 1.165) is 16.9 Å². The number of rotatable bonds is 22. The first-order valence-corrected chi connectivity index (χ1v) is 22.4. The highest BCUT2D eigenvalue weighted by atomic mass is 32.2. The second kappa shape index (κ2) is 23.4. The van der Waals surface area contributed by atoms with E-state index in [1.165, 1.54) is 13.3 Å². The molecule has 0 fully saturated rings. The van der Waals surface area contributed by atoms with Gasteiger partial charge in [0.05, 0.1) is 24.7 Å². The molecule has 2 aromatic carbocycles. The monoisotopic (exact) mass is 884 g/mol. The van der Waals surface area contributed by atoms with E-state index in [1.54, 1.807) is 77.3 Å². The second-order valence-corrected chi connectivity index (χ2v) is 17.8. The van der Waals surface area contributed by atoms with Crippen molar-refractivity contribution in [2.24, 2.45) is 22.6 Å². The molecule has 19 heteroatoms. The summed E-state index contributed by atoms with van der Waals surface area (Å²) in [7, 11) is -2.61. The van der Waals surface area contributed by atoms with Crippen molar-refractivity contribution in [3.63, 3.8) is 0 Å². The highest BCUT2D eigenvalue weighted by Gasteiger charge is 2.33. The number of esters is 1. The van der Waals surface area contributed by atoms with Gasteiger partial charge in [-0.25, -0.2) is 27.7 Å². The molecule has 1 aromatic heterocycles. The van der Waals surface area contributed by atoms with Gasteiger partial charge in [-0.2, -0.15) is 0 Å². The number of aromatic nitrogens is 1. The summed E-state index contributed by atoms with van der Waals surface area (Å²) in [5.74, 6) is -2.61. The quantitative estimate of drug-likeness (QED) is 0.0278. The van der Waals surface area contributed by atoms with Crippen LogP contribution in [0, 0.1) is 32.6 Å². The second-order valence-electron chi connectivity index (χ2n) is 15.3. The van der Waals surface area contributed by atoms with E-state index in [9.17, 15) is 32.4 Å².